The molecule has 2 nitrogen and oxygen atoms in total. The van der Waals surface area contributed by atoms with E-state index in [4.69, 9.17) is 5.11 Å². The largest absolute Gasteiger partial charge is 0.403 e. The molecule has 1 aliphatic heterocycles. The Balaban J connectivity index is 2.45. The molecule has 0 saturated carbocycles. The SMILES string of the molecule is OC1CC[C@@H](C(F)(F)F)N1. The summed E-state index contributed by atoms with van der Waals surface area (Å²) in [7, 11) is 0. The molecule has 2 atom stereocenters. The van der Waals surface area contributed by atoms with Gasteiger partial charge in [-0.1, -0.05) is 0 Å². The lowest BCUT2D eigenvalue weighted by Crippen LogP contribution is -2.40. The lowest BCUT2D eigenvalue weighted by molar-refractivity contribution is -0.154. The average Bonchev–Trinajstić information content (AvgIpc) is 2.11. The second kappa shape index (κ2) is 2.39. The molecule has 0 radical (unpaired) electrons. The topological polar surface area (TPSA) is 32.3 Å². The molecule has 1 aliphatic rings. The zero-order valence-electron chi connectivity index (χ0n) is 5.15. The van der Waals surface area contributed by atoms with Crippen LogP contribution >= 0.6 is 0 Å². The van der Waals surface area contributed by atoms with Crippen LogP contribution < -0.4 is 5.32 Å². The summed E-state index contributed by atoms with van der Waals surface area (Å²) in [6, 6.07) is -1.51. The summed E-state index contributed by atoms with van der Waals surface area (Å²) in [6.45, 7) is 0. The smallest absolute Gasteiger partial charge is 0.379 e. The summed E-state index contributed by atoms with van der Waals surface area (Å²) in [5.41, 5.74) is 0. The van der Waals surface area contributed by atoms with Crippen molar-refractivity contribution < 1.29 is 18.3 Å². The maximum atomic E-state index is 11.8. The van der Waals surface area contributed by atoms with E-state index in [-0.39, 0.29) is 12.8 Å². The van der Waals surface area contributed by atoms with E-state index < -0.39 is 18.4 Å². The Morgan fingerprint density at radius 1 is 1.30 bits per heavy atom. The number of aliphatic hydroxyl groups is 1. The van der Waals surface area contributed by atoms with Gasteiger partial charge in [0.05, 0.1) is 0 Å². The van der Waals surface area contributed by atoms with Crippen molar-refractivity contribution in [3.8, 4) is 0 Å². The molecule has 0 aromatic heterocycles. The van der Waals surface area contributed by atoms with Crippen molar-refractivity contribution in [2.24, 2.45) is 0 Å². The molecule has 1 unspecified atom stereocenters. The summed E-state index contributed by atoms with van der Waals surface area (Å²) in [4.78, 5) is 0. The van der Waals surface area contributed by atoms with Crippen LogP contribution in [0.5, 0.6) is 0 Å². The molecule has 0 aliphatic carbocycles. The van der Waals surface area contributed by atoms with Gasteiger partial charge in [-0.3, -0.25) is 5.32 Å². The third kappa shape index (κ3) is 1.60. The minimum atomic E-state index is -4.21. The molecule has 2 N–H and O–H groups in total. The van der Waals surface area contributed by atoms with Crippen molar-refractivity contribution in [1.29, 1.82) is 0 Å². The summed E-state index contributed by atoms with van der Waals surface area (Å²) < 4.78 is 35.3. The second-order valence-electron chi connectivity index (χ2n) is 2.35. The van der Waals surface area contributed by atoms with E-state index >= 15 is 0 Å². The molecule has 0 aromatic rings. The number of halogens is 3. The third-order valence-corrected chi connectivity index (χ3v) is 1.52. The molecule has 10 heavy (non-hydrogen) atoms. The Morgan fingerprint density at radius 3 is 2.10 bits per heavy atom. The third-order valence-electron chi connectivity index (χ3n) is 1.52. The zero-order valence-corrected chi connectivity index (χ0v) is 5.15. The van der Waals surface area contributed by atoms with E-state index in [0.29, 0.717) is 0 Å². The van der Waals surface area contributed by atoms with Crippen LogP contribution in [-0.2, 0) is 0 Å². The molecule has 1 fully saturated rings. The molecule has 0 amide bonds. The number of hydrogen-bond acceptors (Lipinski definition) is 2. The highest BCUT2D eigenvalue weighted by Gasteiger charge is 2.43. The van der Waals surface area contributed by atoms with Gasteiger partial charge in [0.25, 0.3) is 0 Å². The summed E-state index contributed by atoms with van der Waals surface area (Å²) in [6.07, 6.45) is -5.03. The van der Waals surface area contributed by atoms with E-state index in [9.17, 15) is 13.2 Å². The fourth-order valence-electron chi connectivity index (χ4n) is 0.982. The Kier molecular flexibility index (Phi) is 1.87. The first-order valence-corrected chi connectivity index (χ1v) is 3.01. The van der Waals surface area contributed by atoms with Crippen LogP contribution in [0.4, 0.5) is 13.2 Å². The van der Waals surface area contributed by atoms with Crippen LogP contribution in [0.1, 0.15) is 12.8 Å². The Hall–Kier alpha value is -0.290. The zero-order chi connectivity index (χ0) is 7.78. The summed E-state index contributed by atoms with van der Waals surface area (Å²) >= 11 is 0. The number of hydrogen-bond donors (Lipinski definition) is 2. The molecule has 1 saturated heterocycles. The van der Waals surface area contributed by atoms with Gasteiger partial charge in [0.15, 0.2) is 0 Å². The molecule has 5 heteroatoms. The summed E-state index contributed by atoms with van der Waals surface area (Å²) in [5, 5.41) is 10.7. The molecular formula is C5H8F3NO. The number of alkyl halides is 3. The maximum Gasteiger partial charge on any atom is 0.403 e. The van der Waals surface area contributed by atoms with E-state index in [1.165, 1.54) is 0 Å². The fourth-order valence-corrected chi connectivity index (χ4v) is 0.982. The van der Waals surface area contributed by atoms with Crippen molar-refractivity contribution in [1.82, 2.24) is 5.32 Å². The van der Waals surface area contributed by atoms with E-state index in [2.05, 4.69) is 0 Å². The van der Waals surface area contributed by atoms with Crippen molar-refractivity contribution in [3.63, 3.8) is 0 Å². The normalized spacial score (nSPS) is 34.8. The van der Waals surface area contributed by atoms with E-state index in [1.54, 1.807) is 0 Å². The molecule has 1 heterocycles. The lowest BCUT2D eigenvalue weighted by atomic mass is 10.2. The van der Waals surface area contributed by atoms with Crippen molar-refractivity contribution in [2.45, 2.75) is 31.3 Å². The average molecular weight is 155 g/mol. The van der Waals surface area contributed by atoms with Crippen LogP contribution in [0.2, 0.25) is 0 Å². The van der Waals surface area contributed by atoms with E-state index in [1.807, 2.05) is 5.32 Å². The summed E-state index contributed by atoms with van der Waals surface area (Å²) in [5.74, 6) is 0. The van der Waals surface area contributed by atoms with Crippen LogP contribution in [-0.4, -0.2) is 23.6 Å². The molecular weight excluding hydrogens is 147 g/mol. The standard InChI is InChI=1S/C5H8F3NO/c6-5(7,8)3-1-2-4(10)9-3/h3-4,9-10H,1-2H2/t3-,4?/m0/s1. The number of aliphatic hydroxyl groups excluding tert-OH is 1. The van der Waals surface area contributed by atoms with Crippen LogP contribution in [0.3, 0.4) is 0 Å². The number of rotatable bonds is 0. The Morgan fingerprint density at radius 2 is 1.90 bits per heavy atom. The fraction of sp³-hybridized carbons (Fsp3) is 1.00. The molecule has 0 bridgehead atoms. The van der Waals surface area contributed by atoms with Crippen LogP contribution in [0.25, 0.3) is 0 Å². The van der Waals surface area contributed by atoms with Crippen LogP contribution in [0, 0.1) is 0 Å². The minimum Gasteiger partial charge on any atom is -0.379 e. The quantitative estimate of drug-likeness (QED) is 0.537. The van der Waals surface area contributed by atoms with Crippen molar-refractivity contribution in [3.05, 3.63) is 0 Å². The first-order chi connectivity index (χ1) is 4.50. The highest BCUT2D eigenvalue weighted by Crippen LogP contribution is 2.27. The Labute approximate surface area is 56.0 Å². The van der Waals surface area contributed by atoms with Gasteiger partial charge in [-0.05, 0) is 12.8 Å². The predicted octanol–water partition coefficient (Wildman–Crippen LogP) is 0.619. The van der Waals surface area contributed by atoms with Gasteiger partial charge in [0.1, 0.15) is 12.3 Å². The minimum absolute atomic E-state index is 0.0231. The number of nitrogens with one attached hydrogen (secondary N) is 1. The van der Waals surface area contributed by atoms with Gasteiger partial charge < -0.3 is 5.11 Å². The highest BCUT2D eigenvalue weighted by atomic mass is 19.4. The van der Waals surface area contributed by atoms with Gasteiger partial charge in [-0.25, -0.2) is 0 Å². The monoisotopic (exact) mass is 155 g/mol. The van der Waals surface area contributed by atoms with Gasteiger partial charge in [-0.2, -0.15) is 13.2 Å². The highest BCUT2D eigenvalue weighted by molar-refractivity contribution is 4.82. The van der Waals surface area contributed by atoms with Gasteiger partial charge in [0, 0.05) is 0 Å². The molecule has 0 aromatic carbocycles. The van der Waals surface area contributed by atoms with Gasteiger partial charge in [0.2, 0.25) is 0 Å². The molecule has 1 rings (SSSR count). The Bertz CT molecular complexity index is 125. The first-order valence-electron chi connectivity index (χ1n) is 3.01. The van der Waals surface area contributed by atoms with Crippen LogP contribution in [0.15, 0.2) is 0 Å². The van der Waals surface area contributed by atoms with Gasteiger partial charge >= 0.3 is 6.18 Å². The maximum absolute atomic E-state index is 11.8. The predicted molar refractivity (Wildman–Crippen MR) is 28.2 cm³/mol. The molecule has 60 valence electrons. The second-order valence-corrected chi connectivity index (χ2v) is 2.35. The van der Waals surface area contributed by atoms with E-state index in [0.717, 1.165) is 0 Å². The van der Waals surface area contributed by atoms with Crippen molar-refractivity contribution in [2.75, 3.05) is 0 Å². The van der Waals surface area contributed by atoms with Gasteiger partial charge in [-0.15, -0.1) is 0 Å². The lowest BCUT2D eigenvalue weighted by Gasteiger charge is -2.14. The molecule has 0 spiro atoms. The van der Waals surface area contributed by atoms with Crippen molar-refractivity contribution >= 4 is 0 Å². The first kappa shape index (κ1) is 7.81.